The normalized spacial score (nSPS) is 14.9. The van der Waals surface area contributed by atoms with Gasteiger partial charge in [0.1, 0.15) is 17.9 Å². The number of amides is 1. The molecule has 1 amide bonds. The second-order valence-electron chi connectivity index (χ2n) is 7.16. The van der Waals surface area contributed by atoms with Crippen LogP contribution in [-0.4, -0.2) is 55.4 Å². The highest BCUT2D eigenvalue weighted by molar-refractivity contribution is 14.0. The molecular formula is C20H29IN4O2. The van der Waals surface area contributed by atoms with E-state index in [1.165, 1.54) is 12.8 Å². The quantitative estimate of drug-likeness (QED) is 0.401. The van der Waals surface area contributed by atoms with Gasteiger partial charge >= 0.3 is 0 Å². The average Bonchev–Trinajstić information content (AvgIpc) is 3.26. The number of furan rings is 1. The number of nitrogens with zero attached hydrogens (tertiary/aromatic N) is 3. The van der Waals surface area contributed by atoms with E-state index in [1.807, 2.05) is 36.2 Å². The van der Waals surface area contributed by atoms with E-state index in [4.69, 9.17) is 4.42 Å². The number of likely N-dealkylation sites (N-methyl/N-ethyl adjacent to an activating group) is 1. The molecule has 1 aromatic heterocycles. The Morgan fingerprint density at radius 1 is 1.22 bits per heavy atom. The fourth-order valence-corrected chi connectivity index (χ4v) is 3.24. The van der Waals surface area contributed by atoms with Crippen molar-refractivity contribution in [3.05, 3.63) is 36.1 Å². The lowest BCUT2D eigenvalue weighted by Gasteiger charge is -2.24. The van der Waals surface area contributed by atoms with E-state index >= 15 is 0 Å². The summed E-state index contributed by atoms with van der Waals surface area (Å²) in [6.07, 6.45) is 4.79. The Kier molecular flexibility index (Phi) is 7.94. The van der Waals surface area contributed by atoms with Crippen LogP contribution in [0.3, 0.4) is 0 Å². The lowest BCUT2D eigenvalue weighted by Crippen LogP contribution is -2.43. The summed E-state index contributed by atoms with van der Waals surface area (Å²) in [6.45, 7) is 0.746. The Balaban J connectivity index is 0.00000261. The van der Waals surface area contributed by atoms with Gasteiger partial charge in [-0.25, -0.2) is 4.99 Å². The van der Waals surface area contributed by atoms with Gasteiger partial charge in [-0.05, 0) is 25.0 Å². The highest BCUT2D eigenvalue weighted by Crippen LogP contribution is 2.21. The maximum atomic E-state index is 11.9. The molecule has 0 spiro atoms. The summed E-state index contributed by atoms with van der Waals surface area (Å²) in [5.74, 6) is 1.63. The number of hydrogen-bond acceptors (Lipinski definition) is 3. The van der Waals surface area contributed by atoms with Crippen LogP contribution in [0.25, 0.3) is 11.0 Å². The molecule has 0 unspecified atom stereocenters. The van der Waals surface area contributed by atoms with Crippen molar-refractivity contribution in [2.24, 2.45) is 4.99 Å². The van der Waals surface area contributed by atoms with Gasteiger partial charge < -0.3 is 19.5 Å². The van der Waals surface area contributed by atoms with E-state index in [0.29, 0.717) is 12.6 Å². The molecular weight excluding hydrogens is 455 g/mol. The number of nitrogens with one attached hydrogen (secondary N) is 1. The van der Waals surface area contributed by atoms with Gasteiger partial charge in [0.25, 0.3) is 0 Å². The minimum Gasteiger partial charge on any atom is -0.459 e. The third kappa shape index (κ3) is 5.85. The Hall–Kier alpha value is -1.77. The minimum atomic E-state index is -0.00661. The number of rotatable bonds is 5. The van der Waals surface area contributed by atoms with Crippen LogP contribution in [0.4, 0.5) is 0 Å². The number of hydrogen-bond donors (Lipinski definition) is 1. The molecule has 3 rings (SSSR count). The van der Waals surface area contributed by atoms with Gasteiger partial charge in [-0.3, -0.25) is 4.79 Å². The fourth-order valence-electron chi connectivity index (χ4n) is 3.24. The predicted octanol–water partition coefficient (Wildman–Crippen LogP) is 3.46. The summed E-state index contributed by atoms with van der Waals surface area (Å²) in [6, 6.07) is 10.5. The fraction of sp³-hybridized carbons (Fsp3) is 0.500. The number of guanidine groups is 1. The van der Waals surface area contributed by atoms with Crippen LogP contribution >= 0.6 is 24.0 Å². The minimum absolute atomic E-state index is 0. The number of aliphatic imine (C=N–C) groups is 1. The zero-order valence-electron chi connectivity index (χ0n) is 16.3. The summed E-state index contributed by atoms with van der Waals surface area (Å²) in [5.41, 5.74) is 0.890. The first-order valence-electron chi connectivity index (χ1n) is 9.22. The SMILES string of the molecule is CN(C)C(=O)CN=C(NC1CCCC1)N(C)Cc1cc2ccccc2o1.I. The van der Waals surface area contributed by atoms with Crippen molar-refractivity contribution in [3.8, 4) is 0 Å². The number of carbonyl (C=O) groups excluding carboxylic acids is 1. The van der Waals surface area contributed by atoms with Gasteiger partial charge in [0.15, 0.2) is 5.96 Å². The molecule has 0 bridgehead atoms. The van der Waals surface area contributed by atoms with E-state index in [0.717, 1.165) is 35.5 Å². The van der Waals surface area contributed by atoms with E-state index < -0.39 is 0 Å². The first-order valence-corrected chi connectivity index (χ1v) is 9.22. The van der Waals surface area contributed by atoms with Gasteiger partial charge in [-0.2, -0.15) is 0 Å². The second kappa shape index (κ2) is 9.96. The van der Waals surface area contributed by atoms with Crippen molar-refractivity contribution < 1.29 is 9.21 Å². The molecule has 1 aromatic carbocycles. The summed E-state index contributed by atoms with van der Waals surface area (Å²) in [5, 5.41) is 4.63. The summed E-state index contributed by atoms with van der Waals surface area (Å²) in [4.78, 5) is 20.1. The lowest BCUT2D eigenvalue weighted by molar-refractivity contribution is -0.127. The van der Waals surface area contributed by atoms with Gasteiger partial charge in [0, 0.05) is 32.6 Å². The number of carbonyl (C=O) groups is 1. The molecule has 1 fully saturated rings. The van der Waals surface area contributed by atoms with Crippen LogP contribution in [-0.2, 0) is 11.3 Å². The summed E-state index contributed by atoms with van der Waals surface area (Å²) >= 11 is 0. The zero-order chi connectivity index (χ0) is 18.5. The lowest BCUT2D eigenvalue weighted by atomic mass is 10.2. The molecule has 6 nitrogen and oxygen atoms in total. The Morgan fingerprint density at radius 2 is 1.93 bits per heavy atom. The number of para-hydroxylation sites is 1. The van der Waals surface area contributed by atoms with Crippen LogP contribution in [0.5, 0.6) is 0 Å². The third-order valence-electron chi connectivity index (χ3n) is 4.78. The first-order chi connectivity index (χ1) is 12.5. The van der Waals surface area contributed by atoms with Gasteiger partial charge in [-0.1, -0.05) is 31.0 Å². The molecule has 27 heavy (non-hydrogen) atoms. The van der Waals surface area contributed by atoms with Crippen LogP contribution in [0.2, 0.25) is 0 Å². The maximum absolute atomic E-state index is 11.9. The molecule has 0 atom stereocenters. The Labute approximate surface area is 178 Å². The largest absolute Gasteiger partial charge is 0.459 e. The molecule has 1 saturated carbocycles. The monoisotopic (exact) mass is 484 g/mol. The van der Waals surface area contributed by atoms with E-state index in [2.05, 4.69) is 16.4 Å². The van der Waals surface area contributed by atoms with Crippen molar-refractivity contribution in [2.75, 3.05) is 27.7 Å². The average molecular weight is 484 g/mol. The molecule has 148 valence electrons. The van der Waals surface area contributed by atoms with Gasteiger partial charge in [-0.15, -0.1) is 24.0 Å². The highest BCUT2D eigenvalue weighted by atomic mass is 127. The van der Waals surface area contributed by atoms with Crippen molar-refractivity contribution in [1.82, 2.24) is 15.1 Å². The van der Waals surface area contributed by atoms with Crippen LogP contribution in [0, 0.1) is 0 Å². The Morgan fingerprint density at radius 3 is 2.59 bits per heavy atom. The van der Waals surface area contributed by atoms with Gasteiger partial charge in [0.2, 0.25) is 5.91 Å². The standard InChI is InChI=1S/C20H28N4O2.HI/c1-23(2)19(25)13-21-20(22-16-9-5-6-10-16)24(3)14-17-12-15-8-4-7-11-18(15)26-17;/h4,7-8,11-12,16H,5-6,9-10,13-14H2,1-3H3,(H,21,22);1H. The molecule has 0 radical (unpaired) electrons. The summed E-state index contributed by atoms with van der Waals surface area (Å²) in [7, 11) is 5.48. The molecule has 1 N–H and O–H groups in total. The number of benzene rings is 1. The molecule has 2 aromatic rings. The Bertz CT molecular complexity index is 748. The van der Waals surface area contributed by atoms with E-state index in [1.54, 1.807) is 19.0 Å². The van der Waals surface area contributed by atoms with Crippen LogP contribution in [0.15, 0.2) is 39.7 Å². The van der Waals surface area contributed by atoms with Crippen LogP contribution in [0.1, 0.15) is 31.4 Å². The predicted molar refractivity (Wildman–Crippen MR) is 119 cm³/mol. The van der Waals surface area contributed by atoms with E-state index in [-0.39, 0.29) is 36.4 Å². The first kappa shape index (κ1) is 21.5. The third-order valence-corrected chi connectivity index (χ3v) is 4.78. The highest BCUT2D eigenvalue weighted by Gasteiger charge is 2.19. The molecule has 7 heteroatoms. The molecule has 1 heterocycles. The number of halogens is 1. The second-order valence-corrected chi connectivity index (χ2v) is 7.16. The molecule has 0 aliphatic heterocycles. The van der Waals surface area contributed by atoms with Gasteiger partial charge in [0.05, 0.1) is 6.54 Å². The topological polar surface area (TPSA) is 61.1 Å². The van der Waals surface area contributed by atoms with Crippen molar-refractivity contribution in [1.29, 1.82) is 0 Å². The molecule has 0 saturated heterocycles. The zero-order valence-corrected chi connectivity index (χ0v) is 18.6. The molecule has 1 aliphatic rings. The van der Waals surface area contributed by atoms with Crippen molar-refractivity contribution >= 4 is 46.8 Å². The van der Waals surface area contributed by atoms with Crippen LogP contribution < -0.4 is 5.32 Å². The van der Waals surface area contributed by atoms with E-state index in [9.17, 15) is 4.79 Å². The summed E-state index contributed by atoms with van der Waals surface area (Å²) < 4.78 is 5.92. The number of fused-ring (bicyclic) bond motifs is 1. The maximum Gasteiger partial charge on any atom is 0.243 e. The molecule has 1 aliphatic carbocycles. The van der Waals surface area contributed by atoms with Crippen molar-refractivity contribution in [3.63, 3.8) is 0 Å². The smallest absolute Gasteiger partial charge is 0.243 e. The van der Waals surface area contributed by atoms with Crippen molar-refractivity contribution in [2.45, 2.75) is 38.3 Å².